The summed E-state index contributed by atoms with van der Waals surface area (Å²) >= 11 is 0. The molecule has 1 aromatic heterocycles. The van der Waals surface area contributed by atoms with Gasteiger partial charge in [-0.1, -0.05) is 18.2 Å². The summed E-state index contributed by atoms with van der Waals surface area (Å²) in [6, 6.07) is 10.3. The van der Waals surface area contributed by atoms with E-state index in [9.17, 15) is 5.26 Å². The number of aromatic nitrogens is 1. The molecule has 2 aromatic rings. The number of hydrogen-bond donors (Lipinski definition) is 1. The van der Waals surface area contributed by atoms with E-state index in [-0.39, 0.29) is 0 Å². The number of hydrogen-bond acceptors (Lipinski definition) is 4. The molecule has 1 aliphatic heterocycles. The molecule has 0 saturated heterocycles. The Labute approximate surface area is 123 Å². The molecule has 0 saturated carbocycles. The normalized spacial score (nSPS) is 12.2. The zero-order valence-electron chi connectivity index (χ0n) is 12.0. The Morgan fingerprint density at radius 3 is 2.90 bits per heavy atom. The maximum absolute atomic E-state index is 9.47. The van der Waals surface area contributed by atoms with E-state index in [1.54, 1.807) is 12.5 Å². The molecule has 0 atom stereocenters. The maximum atomic E-state index is 9.47. The Hall–Kier alpha value is -2.87. The van der Waals surface area contributed by atoms with Crippen molar-refractivity contribution >= 4 is 23.5 Å². The van der Waals surface area contributed by atoms with Crippen molar-refractivity contribution in [3.05, 3.63) is 47.2 Å². The lowest BCUT2D eigenvalue weighted by Gasteiger charge is -2.22. The highest BCUT2D eigenvalue weighted by molar-refractivity contribution is 5.80. The van der Waals surface area contributed by atoms with Crippen LogP contribution in [-0.2, 0) is 6.42 Å². The molecule has 0 aliphatic carbocycles. The summed E-state index contributed by atoms with van der Waals surface area (Å²) in [7, 11) is 3.75. The third kappa shape index (κ3) is 2.43. The summed E-state index contributed by atoms with van der Waals surface area (Å²) < 4.78 is 0. The van der Waals surface area contributed by atoms with E-state index < -0.39 is 0 Å². The van der Waals surface area contributed by atoms with Gasteiger partial charge in [-0.3, -0.25) is 0 Å². The van der Waals surface area contributed by atoms with Crippen molar-refractivity contribution in [1.29, 1.82) is 5.26 Å². The lowest BCUT2D eigenvalue weighted by atomic mass is 9.97. The number of nitrogens with one attached hydrogen (secondary N) is 1. The molecular formula is C16H15N5. The van der Waals surface area contributed by atoms with Crippen molar-refractivity contribution in [2.24, 2.45) is 4.99 Å². The van der Waals surface area contributed by atoms with Crippen LogP contribution < -0.4 is 5.32 Å². The van der Waals surface area contributed by atoms with Crippen molar-refractivity contribution in [2.75, 3.05) is 19.4 Å². The number of anilines is 2. The van der Waals surface area contributed by atoms with E-state index in [2.05, 4.69) is 27.4 Å². The van der Waals surface area contributed by atoms with Gasteiger partial charge >= 0.3 is 0 Å². The van der Waals surface area contributed by atoms with E-state index in [1.165, 1.54) is 5.56 Å². The smallest absolute Gasteiger partial charge is 0.173 e. The molecule has 21 heavy (non-hydrogen) atoms. The van der Waals surface area contributed by atoms with Crippen LogP contribution in [0.5, 0.6) is 0 Å². The molecule has 1 N–H and O–H groups in total. The van der Waals surface area contributed by atoms with Gasteiger partial charge in [-0.25, -0.2) is 9.98 Å². The van der Waals surface area contributed by atoms with Crippen LogP contribution in [-0.4, -0.2) is 30.3 Å². The SMILES string of the molecule is CN(C)C=Nc1ncc2c(c1C#N)Nc1ccccc1C2. The first-order valence-electron chi connectivity index (χ1n) is 6.66. The second-order valence-electron chi connectivity index (χ2n) is 5.14. The number of fused-ring (bicyclic) bond motifs is 2. The Bertz CT molecular complexity index is 756. The van der Waals surface area contributed by atoms with Crippen molar-refractivity contribution in [3.8, 4) is 6.07 Å². The predicted octanol–water partition coefficient (Wildman–Crippen LogP) is 2.82. The Morgan fingerprint density at radius 1 is 1.33 bits per heavy atom. The second-order valence-corrected chi connectivity index (χ2v) is 5.14. The molecule has 1 aromatic carbocycles. The first-order chi connectivity index (χ1) is 10.2. The minimum Gasteiger partial charge on any atom is -0.369 e. The van der Waals surface area contributed by atoms with Gasteiger partial charge in [0.05, 0.1) is 12.0 Å². The Balaban J connectivity index is 2.07. The van der Waals surface area contributed by atoms with Gasteiger partial charge in [-0.2, -0.15) is 5.26 Å². The molecule has 1 aliphatic rings. The van der Waals surface area contributed by atoms with Crippen LogP contribution in [0.25, 0.3) is 0 Å². The number of pyridine rings is 1. The van der Waals surface area contributed by atoms with E-state index in [4.69, 9.17) is 0 Å². The van der Waals surface area contributed by atoms with Crippen LogP contribution in [0.4, 0.5) is 17.2 Å². The highest BCUT2D eigenvalue weighted by atomic mass is 15.1. The van der Waals surface area contributed by atoms with Crippen molar-refractivity contribution < 1.29 is 0 Å². The average Bonchev–Trinajstić information content (AvgIpc) is 2.50. The molecule has 0 amide bonds. The summed E-state index contributed by atoms with van der Waals surface area (Å²) in [4.78, 5) is 10.4. The Kier molecular flexibility index (Phi) is 3.28. The molecular weight excluding hydrogens is 262 g/mol. The van der Waals surface area contributed by atoms with E-state index >= 15 is 0 Å². The third-order valence-electron chi connectivity index (χ3n) is 3.32. The monoisotopic (exact) mass is 277 g/mol. The van der Waals surface area contributed by atoms with Crippen molar-refractivity contribution in [3.63, 3.8) is 0 Å². The molecule has 2 heterocycles. The molecule has 0 fully saturated rings. The third-order valence-corrected chi connectivity index (χ3v) is 3.32. The van der Waals surface area contributed by atoms with Crippen LogP contribution in [0.15, 0.2) is 35.5 Å². The quantitative estimate of drug-likeness (QED) is 0.578. The topological polar surface area (TPSA) is 64.3 Å². The largest absolute Gasteiger partial charge is 0.369 e. The average molecular weight is 277 g/mol. The molecule has 5 heteroatoms. The molecule has 0 bridgehead atoms. The fourth-order valence-electron chi connectivity index (χ4n) is 2.33. The minimum absolute atomic E-state index is 0.442. The predicted molar refractivity (Wildman–Crippen MR) is 83.3 cm³/mol. The van der Waals surface area contributed by atoms with Gasteiger partial charge in [0.2, 0.25) is 0 Å². The van der Waals surface area contributed by atoms with Gasteiger partial charge in [0, 0.05) is 32.4 Å². The van der Waals surface area contributed by atoms with E-state index in [1.807, 2.05) is 37.2 Å². The minimum atomic E-state index is 0.442. The van der Waals surface area contributed by atoms with Crippen LogP contribution >= 0.6 is 0 Å². The summed E-state index contributed by atoms with van der Waals surface area (Å²) in [5, 5.41) is 12.8. The number of benzene rings is 1. The summed E-state index contributed by atoms with van der Waals surface area (Å²) in [6.07, 6.45) is 4.21. The van der Waals surface area contributed by atoms with Gasteiger partial charge in [0.15, 0.2) is 5.82 Å². The summed E-state index contributed by atoms with van der Waals surface area (Å²) in [6.45, 7) is 0. The molecule has 5 nitrogen and oxygen atoms in total. The number of para-hydroxylation sites is 1. The first kappa shape index (κ1) is 13.1. The first-order valence-corrected chi connectivity index (χ1v) is 6.66. The van der Waals surface area contributed by atoms with Crippen LogP contribution in [0.1, 0.15) is 16.7 Å². The molecule has 104 valence electrons. The standard InChI is InChI=1S/C16H15N5/c1-21(2)10-19-16-13(8-17)15-12(9-18-16)7-11-5-3-4-6-14(11)20-15/h3-6,9-10,20H,7H2,1-2H3. The van der Waals surface area contributed by atoms with Gasteiger partial charge in [0.25, 0.3) is 0 Å². The summed E-state index contributed by atoms with van der Waals surface area (Å²) in [5.74, 6) is 0.442. The fourth-order valence-corrected chi connectivity index (χ4v) is 2.33. The van der Waals surface area contributed by atoms with Crippen LogP contribution in [0.3, 0.4) is 0 Å². The molecule has 3 rings (SSSR count). The van der Waals surface area contributed by atoms with Gasteiger partial charge in [-0.05, 0) is 17.2 Å². The van der Waals surface area contributed by atoms with Gasteiger partial charge in [-0.15, -0.1) is 0 Å². The van der Waals surface area contributed by atoms with Crippen molar-refractivity contribution in [1.82, 2.24) is 9.88 Å². The Morgan fingerprint density at radius 2 is 2.14 bits per heavy atom. The molecule has 0 spiro atoms. The number of nitriles is 1. The van der Waals surface area contributed by atoms with E-state index in [0.717, 1.165) is 23.4 Å². The number of aliphatic imine (C=N–C) groups is 1. The zero-order valence-corrected chi connectivity index (χ0v) is 12.0. The molecule has 0 unspecified atom stereocenters. The lowest BCUT2D eigenvalue weighted by molar-refractivity contribution is 0.643. The second kappa shape index (κ2) is 5.25. The molecule has 0 radical (unpaired) electrons. The van der Waals surface area contributed by atoms with Crippen LogP contribution in [0, 0.1) is 11.3 Å². The number of nitrogens with zero attached hydrogens (tertiary/aromatic N) is 4. The van der Waals surface area contributed by atoms with Crippen LogP contribution in [0.2, 0.25) is 0 Å². The fraction of sp³-hybridized carbons (Fsp3) is 0.188. The maximum Gasteiger partial charge on any atom is 0.173 e. The highest BCUT2D eigenvalue weighted by Crippen LogP contribution is 2.37. The summed E-state index contributed by atoms with van der Waals surface area (Å²) in [5.41, 5.74) is 4.57. The highest BCUT2D eigenvalue weighted by Gasteiger charge is 2.20. The van der Waals surface area contributed by atoms with Crippen molar-refractivity contribution in [2.45, 2.75) is 6.42 Å². The van der Waals surface area contributed by atoms with Gasteiger partial charge < -0.3 is 10.2 Å². The zero-order chi connectivity index (χ0) is 14.8. The number of rotatable bonds is 2. The van der Waals surface area contributed by atoms with E-state index in [0.29, 0.717) is 11.4 Å². The van der Waals surface area contributed by atoms with Gasteiger partial charge in [0.1, 0.15) is 11.6 Å². The lowest BCUT2D eigenvalue weighted by Crippen LogP contribution is -2.10.